The van der Waals surface area contributed by atoms with Gasteiger partial charge in [0.15, 0.2) is 0 Å². The van der Waals surface area contributed by atoms with Crippen LogP contribution in [0.1, 0.15) is 28.4 Å². The van der Waals surface area contributed by atoms with E-state index in [1.54, 1.807) is 6.07 Å². The summed E-state index contributed by atoms with van der Waals surface area (Å²) >= 11 is 1.46. The van der Waals surface area contributed by atoms with E-state index in [-0.39, 0.29) is 12.0 Å². The number of hydrogen-bond acceptors (Lipinski definition) is 5. The lowest BCUT2D eigenvalue weighted by Crippen LogP contribution is -2.34. The highest BCUT2D eigenvalue weighted by atomic mass is 32.1. The molecule has 8 heteroatoms. The van der Waals surface area contributed by atoms with Crippen LogP contribution in [0, 0.1) is 5.82 Å². The van der Waals surface area contributed by atoms with Crippen molar-refractivity contribution in [2.75, 3.05) is 7.11 Å². The van der Waals surface area contributed by atoms with E-state index < -0.39 is 29.3 Å². The number of carbonyl (C=O) groups excluding carboxylic acids is 2. The fourth-order valence-corrected chi connectivity index (χ4v) is 3.37. The summed E-state index contributed by atoms with van der Waals surface area (Å²) in [6.07, 6.45) is -0.154. The lowest BCUT2D eigenvalue weighted by Gasteiger charge is -2.18. The number of amides is 1. The summed E-state index contributed by atoms with van der Waals surface area (Å²) in [6, 6.07) is 11.4. The van der Waals surface area contributed by atoms with E-state index in [0.717, 1.165) is 4.88 Å². The van der Waals surface area contributed by atoms with E-state index in [9.17, 15) is 18.8 Å². The van der Waals surface area contributed by atoms with Crippen LogP contribution in [-0.2, 0) is 9.53 Å². The van der Waals surface area contributed by atoms with Crippen molar-refractivity contribution in [1.82, 2.24) is 10.3 Å². The van der Waals surface area contributed by atoms with Crippen LogP contribution in [-0.4, -0.2) is 24.0 Å². The average Bonchev–Trinajstić information content (AvgIpc) is 3.22. The Morgan fingerprint density at radius 2 is 1.93 bits per heavy atom. The fraction of sp³-hybridized carbons (Fsp3) is 0.150. The summed E-state index contributed by atoms with van der Waals surface area (Å²) in [5.41, 5.74) is 0.504. The van der Waals surface area contributed by atoms with Gasteiger partial charge in [0, 0.05) is 0 Å². The summed E-state index contributed by atoms with van der Waals surface area (Å²) in [5, 5.41) is 4.53. The molecule has 28 heavy (non-hydrogen) atoms. The van der Waals surface area contributed by atoms with Crippen molar-refractivity contribution in [2.45, 2.75) is 12.5 Å². The number of aromatic amines is 1. The molecule has 0 saturated heterocycles. The number of halogens is 1. The second-order valence-corrected chi connectivity index (χ2v) is 6.90. The maximum atomic E-state index is 13.2. The van der Waals surface area contributed by atoms with Crippen LogP contribution in [0.5, 0.6) is 0 Å². The van der Waals surface area contributed by atoms with E-state index in [2.05, 4.69) is 15.0 Å². The normalized spacial score (nSPS) is 11.6. The van der Waals surface area contributed by atoms with E-state index >= 15 is 0 Å². The zero-order valence-electron chi connectivity index (χ0n) is 14.9. The van der Waals surface area contributed by atoms with Gasteiger partial charge in [-0.3, -0.25) is 14.4 Å². The molecule has 0 aliphatic heterocycles. The van der Waals surface area contributed by atoms with Crippen LogP contribution >= 0.6 is 11.3 Å². The smallest absolute Gasteiger partial charge is 0.307 e. The van der Waals surface area contributed by atoms with E-state index in [1.807, 2.05) is 17.5 Å². The molecule has 2 aromatic heterocycles. The van der Waals surface area contributed by atoms with Crippen molar-refractivity contribution in [3.05, 3.63) is 81.2 Å². The zero-order valence-corrected chi connectivity index (χ0v) is 15.7. The second kappa shape index (κ2) is 8.62. The minimum absolute atomic E-state index is 0.0858. The molecular weight excluding hydrogens is 383 g/mol. The van der Waals surface area contributed by atoms with Crippen molar-refractivity contribution < 1.29 is 18.7 Å². The number of methoxy groups -OCH3 is 1. The Bertz CT molecular complexity index is 1030. The summed E-state index contributed by atoms with van der Waals surface area (Å²) in [7, 11) is 1.24. The molecule has 0 saturated carbocycles. The standard InChI is InChI=1S/C20H17FN2O4S/c1-27-18(24)11-16(12-4-6-13(21)7-5-12)23-20(26)14-8-9-15(22-19(14)25)17-3-2-10-28-17/h2-10,16H,11H2,1H3,(H,22,25)(H,23,26). The maximum absolute atomic E-state index is 13.2. The molecule has 1 unspecified atom stereocenters. The highest BCUT2D eigenvalue weighted by Gasteiger charge is 2.21. The molecule has 0 aliphatic carbocycles. The highest BCUT2D eigenvalue weighted by Crippen LogP contribution is 2.22. The number of hydrogen-bond donors (Lipinski definition) is 2. The molecule has 0 fully saturated rings. The largest absolute Gasteiger partial charge is 0.469 e. The number of benzene rings is 1. The highest BCUT2D eigenvalue weighted by molar-refractivity contribution is 7.13. The first-order valence-electron chi connectivity index (χ1n) is 8.38. The number of carbonyl (C=O) groups is 2. The number of thiophene rings is 1. The van der Waals surface area contributed by atoms with Gasteiger partial charge in [0.2, 0.25) is 0 Å². The molecule has 6 nitrogen and oxygen atoms in total. The third-order valence-corrected chi connectivity index (χ3v) is 5.02. The summed E-state index contributed by atoms with van der Waals surface area (Å²) in [6.45, 7) is 0. The van der Waals surface area contributed by atoms with Gasteiger partial charge in [-0.25, -0.2) is 4.39 Å². The van der Waals surface area contributed by atoms with Gasteiger partial charge in [0.1, 0.15) is 11.4 Å². The third kappa shape index (κ3) is 4.52. The van der Waals surface area contributed by atoms with Gasteiger partial charge in [-0.15, -0.1) is 11.3 Å². The fourth-order valence-electron chi connectivity index (χ4n) is 2.66. The quantitative estimate of drug-likeness (QED) is 0.622. The van der Waals surface area contributed by atoms with Gasteiger partial charge in [-0.2, -0.15) is 0 Å². The Hall–Kier alpha value is -3.26. The van der Waals surface area contributed by atoms with E-state index in [1.165, 1.54) is 48.8 Å². The molecule has 1 aromatic carbocycles. The predicted octanol–water partition coefficient (Wildman–Crippen LogP) is 3.28. The molecular formula is C20H17FN2O4S. The van der Waals surface area contributed by atoms with Crippen LogP contribution in [0.3, 0.4) is 0 Å². The average molecular weight is 400 g/mol. The van der Waals surface area contributed by atoms with Crippen LogP contribution in [0.25, 0.3) is 10.6 Å². The minimum Gasteiger partial charge on any atom is -0.469 e. The van der Waals surface area contributed by atoms with Crippen molar-refractivity contribution >= 4 is 23.2 Å². The Morgan fingerprint density at radius 3 is 2.54 bits per heavy atom. The first kappa shape index (κ1) is 19.5. The lowest BCUT2D eigenvalue weighted by atomic mass is 10.0. The van der Waals surface area contributed by atoms with E-state index in [0.29, 0.717) is 11.3 Å². The molecule has 144 valence electrons. The number of ether oxygens (including phenoxy) is 1. The number of aromatic nitrogens is 1. The zero-order chi connectivity index (χ0) is 20.1. The van der Waals surface area contributed by atoms with Gasteiger partial charge in [-0.1, -0.05) is 18.2 Å². The monoisotopic (exact) mass is 400 g/mol. The van der Waals surface area contributed by atoms with Crippen molar-refractivity contribution in [2.24, 2.45) is 0 Å². The third-order valence-electron chi connectivity index (χ3n) is 4.12. The number of esters is 1. The topological polar surface area (TPSA) is 88.3 Å². The van der Waals surface area contributed by atoms with Gasteiger partial charge < -0.3 is 15.0 Å². The molecule has 1 amide bonds. The van der Waals surface area contributed by atoms with E-state index in [4.69, 9.17) is 0 Å². The predicted molar refractivity (Wildman–Crippen MR) is 104 cm³/mol. The van der Waals surface area contributed by atoms with Crippen LogP contribution in [0.4, 0.5) is 4.39 Å². The Morgan fingerprint density at radius 1 is 1.18 bits per heavy atom. The molecule has 3 rings (SSSR count). The molecule has 2 N–H and O–H groups in total. The van der Waals surface area contributed by atoms with Crippen LogP contribution in [0.15, 0.2) is 58.7 Å². The number of nitrogens with one attached hydrogen (secondary N) is 2. The van der Waals surface area contributed by atoms with Gasteiger partial charge in [0.25, 0.3) is 11.5 Å². The summed E-state index contributed by atoms with van der Waals surface area (Å²) < 4.78 is 17.9. The molecule has 0 radical (unpaired) electrons. The summed E-state index contributed by atoms with van der Waals surface area (Å²) in [5.74, 6) is -1.62. The van der Waals surface area contributed by atoms with Gasteiger partial charge in [0.05, 0.1) is 30.1 Å². The number of H-pyrrole nitrogens is 1. The SMILES string of the molecule is COC(=O)CC(NC(=O)c1ccc(-c2cccs2)[nH]c1=O)c1ccc(F)cc1. The molecule has 1 atom stereocenters. The van der Waals surface area contributed by atoms with Gasteiger partial charge >= 0.3 is 5.97 Å². The van der Waals surface area contributed by atoms with Crippen molar-refractivity contribution in [1.29, 1.82) is 0 Å². The lowest BCUT2D eigenvalue weighted by molar-refractivity contribution is -0.141. The van der Waals surface area contributed by atoms with Crippen LogP contribution in [0.2, 0.25) is 0 Å². The first-order chi connectivity index (χ1) is 13.5. The molecule has 0 bridgehead atoms. The van der Waals surface area contributed by atoms with Crippen LogP contribution < -0.4 is 10.9 Å². The second-order valence-electron chi connectivity index (χ2n) is 5.95. The van der Waals surface area contributed by atoms with Crippen molar-refractivity contribution in [3.63, 3.8) is 0 Å². The summed E-state index contributed by atoms with van der Waals surface area (Å²) in [4.78, 5) is 40.3. The van der Waals surface area contributed by atoms with Gasteiger partial charge in [-0.05, 0) is 41.3 Å². The molecule has 2 heterocycles. The minimum atomic E-state index is -0.767. The maximum Gasteiger partial charge on any atom is 0.307 e. The molecule has 0 spiro atoms. The first-order valence-corrected chi connectivity index (χ1v) is 9.26. The number of pyridine rings is 1. The van der Waals surface area contributed by atoms with Crippen molar-refractivity contribution in [3.8, 4) is 10.6 Å². The Kier molecular flexibility index (Phi) is 6.00. The Balaban J connectivity index is 1.84. The molecule has 3 aromatic rings. The number of rotatable bonds is 6. The Labute approximate surface area is 164 Å². The molecule has 0 aliphatic rings.